The van der Waals surface area contributed by atoms with Crippen LogP contribution in [-0.2, 0) is 5.41 Å². The Labute approximate surface area is 196 Å². The summed E-state index contributed by atoms with van der Waals surface area (Å²) in [5, 5.41) is 7.72. The first-order chi connectivity index (χ1) is 15.9. The van der Waals surface area contributed by atoms with Crippen molar-refractivity contribution in [2.24, 2.45) is 0 Å². The Kier molecular flexibility index (Phi) is 6.02. The molecule has 2 fully saturated rings. The molecule has 0 radical (unpaired) electrons. The van der Waals surface area contributed by atoms with Crippen molar-refractivity contribution in [3.8, 4) is 0 Å². The van der Waals surface area contributed by atoms with Gasteiger partial charge < -0.3 is 14.7 Å². The monoisotopic (exact) mass is 448 g/mol. The van der Waals surface area contributed by atoms with E-state index >= 15 is 0 Å². The fourth-order valence-corrected chi connectivity index (χ4v) is 5.10. The highest BCUT2D eigenvalue weighted by Gasteiger charge is 2.38. The summed E-state index contributed by atoms with van der Waals surface area (Å²) in [5.41, 5.74) is 4.46. The first kappa shape index (κ1) is 22.2. The van der Waals surface area contributed by atoms with E-state index in [2.05, 4.69) is 60.5 Å². The van der Waals surface area contributed by atoms with Crippen LogP contribution >= 0.6 is 0 Å². The molecular weight excluding hydrogens is 412 g/mol. The topological polar surface area (TPSA) is 71.3 Å². The van der Waals surface area contributed by atoms with Crippen molar-refractivity contribution in [2.45, 2.75) is 89.0 Å². The summed E-state index contributed by atoms with van der Waals surface area (Å²) < 4.78 is 5.60. The van der Waals surface area contributed by atoms with Gasteiger partial charge in [-0.05, 0) is 68.1 Å². The molecule has 1 atom stereocenters. The summed E-state index contributed by atoms with van der Waals surface area (Å²) in [7, 11) is 0. The molecule has 1 N–H and O–H groups in total. The molecule has 176 valence electrons. The summed E-state index contributed by atoms with van der Waals surface area (Å²) in [6, 6.07) is 6.51. The second kappa shape index (κ2) is 8.96. The Bertz CT molecular complexity index is 1010. The number of urea groups is 1. The zero-order valence-corrected chi connectivity index (χ0v) is 20.1. The molecule has 0 unspecified atom stereocenters. The van der Waals surface area contributed by atoms with Crippen LogP contribution in [0, 0.1) is 0 Å². The van der Waals surface area contributed by atoms with Gasteiger partial charge in [0.1, 0.15) is 5.76 Å². The van der Waals surface area contributed by atoms with Crippen LogP contribution in [0.5, 0.6) is 0 Å². The largest absolute Gasteiger partial charge is 0.361 e. The third kappa shape index (κ3) is 4.71. The molecule has 0 bridgehead atoms. The minimum atomic E-state index is -0.0207. The van der Waals surface area contributed by atoms with Gasteiger partial charge in [0.25, 0.3) is 0 Å². The molecule has 2 aromatic heterocycles. The molecule has 0 aromatic carbocycles. The number of hydrogen-bond acceptors (Lipinski definition) is 4. The van der Waals surface area contributed by atoms with Crippen LogP contribution in [0.15, 0.2) is 35.0 Å². The lowest BCUT2D eigenvalue weighted by molar-refractivity contribution is 0.158. The van der Waals surface area contributed by atoms with E-state index in [0.29, 0.717) is 11.8 Å². The number of pyridine rings is 1. The fourth-order valence-electron chi connectivity index (χ4n) is 5.10. The number of allylic oxidation sites excluding steroid dienone is 1. The van der Waals surface area contributed by atoms with Crippen LogP contribution in [0.1, 0.15) is 100 Å². The zero-order chi connectivity index (χ0) is 23.0. The minimum Gasteiger partial charge on any atom is -0.361 e. The molecule has 1 aliphatic heterocycles. The number of hydrogen-bond donors (Lipinski definition) is 1. The third-order valence-electron chi connectivity index (χ3n) is 7.73. The SMILES string of the molecule is CC(C)c1ccc(C2=CCCC[C@H]2NC(=O)N2CCC(C)(c3cc(C4CC4)on3)CC2)cn1. The quantitative estimate of drug-likeness (QED) is 0.630. The van der Waals surface area contributed by atoms with Crippen molar-refractivity contribution in [1.82, 2.24) is 20.4 Å². The second-order valence-electron chi connectivity index (χ2n) is 10.7. The Balaban J connectivity index is 1.21. The average Bonchev–Trinajstić information content (AvgIpc) is 3.55. The van der Waals surface area contributed by atoms with Gasteiger partial charge in [-0.25, -0.2) is 4.79 Å². The predicted molar refractivity (Wildman–Crippen MR) is 129 cm³/mol. The van der Waals surface area contributed by atoms with E-state index in [9.17, 15) is 4.79 Å². The summed E-state index contributed by atoms with van der Waals surface area (Å²) in [6.45, 7) is 8.05. The summed E-state index contributed by atoms with van der Waals surface area (Å²) >= 11 is 0. The molecule has 3 aliphatic rings. The lowest BCUT2D eigenvalue weighted by atomic mass is 9.77. The lowest BCUT2D eigenvalue weighted by Crippen LogP contribution is -2.50. The summed E-state index contributed by atoms with van der Waals surface area (Å²) in [6.07, 6.45) is 11.6. The lowest BCUT2D eigenvalue weighted by Gasteiger charge is -2.39. The third-order valence-corrected chi connectivity index (χ3v) is 7.73. The molecule has 33 heavy (non-hydrogen) atoms. The molecule has 6 nitrogen and oxygen atoms in total. The van der Waals surface area contributed by atoms with Gasteiger partial charge in [0.2, 0.25) is 0 Å². The highest BCUT2D eigenvalue weighted by Crippen LogP contribution is 2.43. The number of piperidine rings is 1. The standard InChI is InChI=1S/C27H36N4O2/c1-18(2)22-11-10-20(17-28-22)21-6-4-5-7-23(21)29-26(32)31-14-12-27(3,13-15-31)25-16-24(33-30-25)19-8-9-19/h6,10-11,16-19,23H,4-5,7-9,12-15H2,1-3H3,(H,29,32)/t23-/m1/s1. The van der Waals surface area contributed by atoms with E-state index in [-0.39, 0.29) is 17.5 Å². The smallest absolute Gasteiger partial charge is 0.317 e. The maximum Gasteiger partial charge on any atom is 0.317 e. The molecule has 1 saturated heterocycles. The molecule has 6 heteroatoms. The van der Waals surface area contributed by atoms with Crippen LogP contribution in [0.3, 0.4) is 0 Å². The van der Waals surface area contributed by atoms with Crippen molar-refractivity contribution in [2.75, 3.05) is 13.1 Å². The van der Waals surface area contributed by atoms with Gasteiger partial charge in [-0.15, -0.1) is 0 Å². The van der Waals surface area contributed by atoms with E-state index in [0.717, 1.165) is 67.9 Å². The van der Waals surface area contributed by atoms with E-state index in [1.54, 1.807) is 0 Å². The van der Waals surface area contributed by atoms with Crippen molar-refractivity contribution >= 4 is 11.6 Å². The van der Waals surface area contributed by atoms with Gasteiger partial charge in [0.15, 0.2) is 0 Å². The van der Waals surface area contributed by atoms with Crippen LogP contribution in [0.2, 0.25) is 0 Å². The summed E-state index contributed by atoms with van der Waals surface area (Å²) in [4.78, 5) is 19.8. The highest BCUT2D eigenvalue weighted by atomic mass is 16.5. The first-order valence-corrected chi connectivity index (χ1v) is 12.6. The Morgan fingerprint density at radius 2 is 2.00 bits per heavy atom. The van der Waals surface area contributed by atoms with Crippen molar-refractivity contribution in [1.29, 1.82) is 0 Å². The maximum atomic E-state index is 13.2. The number of carbonyl (C=O) groups is 1. The molecule has 2 aromatic rings. The van der Waals surface area contributed by atoms with Crippen LogP contribution in [0.25, 0.3) is 5.57 Å². The Hall–Kier alpha value is -2.63. The molecule has 5 rings (SSSR count). The number of nitrogens with zero attached hydrogens (tertiary/aromatic N) is 3. The Morgan fingerprint density at radius 1 is 1.21 bits per heavy atom. The van der Waals surface area contributed by atoms with Gasteiger partial charge in [-0.2, -0.15) is 0 Å². The zero-order valence-electron chi connectivity index (χ0n) is 20.1. The maximum absolute atomic E-state index is 13.2. The molecule has 0 spiro atoms. The number of carbonyl (C=O) groups excluding carboxylic acids is 1. The second-order valence-corrected chi connectivity index (χ2v) is 10.7. The van der Waals surface area contributed by atoms with Crippen molar-refractivity contribution in [3.63, 3.8) is 0 Å². The van der Waals surface area contributed by atoms with Crippen LogP contribution in [-0.4, -0.2) is 40.2 Å². The summed E-state index contributed by atoms with van der Waals surface area (Å²) in [5.74, 6) is 2.03. The number of likely N-dealkylation sites (tertiary alicyclic amines) is 1. The fraction of sp³-hybridized carbons (Fsp3) is 0.593. The first-order valence-electron chi connectivity index (χ1n) is 12.6. The van der Waals surface area contributed by atoms with Gasteiger partial charge in [0.05, 0.1) is 11.7 Å². The molecule has 1 saturated carbocycles. The van der Waals surface area contributed by atoms with Gasteiger partial charge >= 0.3 is 6.03 Å². The Morgan fingerprint density at radius 3 is 2.67 bits per heavy atom. The van der Waals surface area contributed by atoms with Gasteiger partial charge in [0, 0.05) is 42.4 Å². The van der Waals surface area contributed by atoms with Crippen LogP contribution < -0.4 is 5.32 Å². The number of aromatic nitrogens is 2. The molecular formula is C27H36N4O2. The molecule has 3 heterocycles. The molecule has 2 aliphatic carbocycles. The minimum absolute atomic E-state index is 0.0207. The van der Waals surface area contributed by atoms with Crippen molar-refractivity contribution < 1.29 is 9.32 Å². The molecule has 2 amide bonds. The van der Waals surface area contributed by atoms with Gasteiger partial charge in [-0.1, -0.05) is 38.1 Å². The van der Waals surface area contributed by atoms with Crippen molar-refractivity contribution in [3.05, 3.63) is 53.2 Å². The predicted octanol–water partition coefficient (Wildman–Crippen LogP) is 5.77. The van der Waals surface area contributed by atoms with E-state index in [1.165, 1.54) is 18.4 Å². The number of rotatable bonds is 5. The van der Waals surface area contributed by atoms with E-state index in [4.69, 9.17) is 4.52 Å². The van der Waals surface area contributed by atoms with E-state index < -0.39 is 0 Å². The van der Waals surface area contributed by atoms with Gasteiger partial charge in [-0.3, -0.25) is 4.98 Å². The van der Waals surface area contributed by atoms with E-state index in [1.807, 2.05) is 11.1 Å². The number of nitrogens with one attached hydrogen (secondary N) is 1. The van der Waals surface area contributed by atoms with Crippen LogP contribution in [0.4, 0.5) is 4.79 Å². The normalized spacial score (nSPS) is 22.8. The highest BCUT2D eigenvalue weighted by molar-refractivity contribution is 5.80. The number of amides is 2. The average molecular weight is 449 g/mol.